The molecule has 2 rings (SSSR count). The summed E-state index contributed by atoms with van der Waals surface area (Å²) in [6.07, 6.45) is 2.53. The maximum absolute atomic E-state index is 11.9. The molecule has 0 spiro atoms. The van der Waals surface area contributed by atoms with Crippen molar-refractivity contribution in [2.24, 2.45) is 0 Å². The van der Waals surface area contributed by atoms with Gasteiger partial charge < -0.3 is 9.64 Å². The Morgan fingerprint density at radius 1 is 1.32 bits per heavy atom. The van der Waals surface area contributed by atoms with Gasteiger partial charge in [-0.15, -0.1) is 0 Å². The van der Waals surface area contributed by atoms with Gasteiger partial charge in [-0.05, 0) is 37.1 Å². The lowest BCUT2D eigenvalue weighted by Crippen LogP contribution is -2.35. The highest BCUT2D eigenvalue weighted by molar-refractivity contribution is 5.90. The van der Waals surface area contributed by atoms with Crippen molar-refractivity contribution in [1.29, 1.82) is 0 Å². The second-order valence-corrected chi connectivity index (χ2v) is 4.71. The summed E-state index contributed by atoms with van der Waals surface area (Å²) in [7, 11) is 1.37. The van der Waals surface area contributed by atoms with Crippen LogP contribution in [-0.4, -0.2) is 31.4 Å². The summed E-state index contributed by atoms with van der Waals surface area (Å²) in [5.74, 6) is -0.0521. The van der Waals surface area contributed by atoms with Crippen LogP contribution in [0.25, 0.3) is 0 Å². The molecule has 1 aromatic rings. The van der Waals surface area contributed by atoms with Crippen LogP contribution in [0.5, 0.6) is 0 Å². The molecular formula is C15H19NO3. The van der Waals surface area contributed by atoms with E-state index in [4.69, 9.17) is 0 Å². The van der Waals surface area contributed by atoms with Gasteiger partial charge in [0.1, 0.15) is 0 Å². The van der Waals surface area contributed by atoms with E-state index in [2.05, 4.69) is 9.64 Å². The molecular weight excluding hydrogens is 242 g/mol. The number of methoxy groups -OCH3 is 1. The molecule has 1 aliphatic heterocycles. The fourth-order valence-electron chi connectivity index (χ4n) is 2.55. The Labute approximate surface area is 113 Å². The monoisotopic (exact) mass is 261 g/mol. The number of rotatable bonds is 4. The predicted molar refractivity (Wildman–Crippen MR) is 73.4 cm³/mol. The number of esters is 1. The summed E-state index contributed by atoms with van der Waals surface area (Å²) in [5.41, 5.74) is 1.53. The maximum Gasteiger partial charge on any atom is 0.337 e. The van der Waals surface area contributed by atoms with Gasteiger partial charge in [-0.1, -0.05) is 6.92 Å². The first-order valence-electron chi connectivity index (χ1n) is 6.65. The number of carbonyl (C=O) groups excluding carboxylic acids is 2. The number of carbonyl (C=O) groups is 2. The molecule has 1 heterocycles. The first kappa shape index (κ1) is 13.6. The molecule has 0 aliphatic carbocycles. The van der Waals surface area contributed by atoms with Crippen LogP contribution < -0.4 is 4.90 Å². The minimum atomic E-state index is -0.339. The number of hydrogen-bond acceptors (Lipinski definition) is 4. The molecule has 4 heteroatoms. The zero-order valence-electron chi connectivity index (χ0n) is 11.4. The Morgan fingerprint density at radius 3 is 2.58 bits per heavy atom. The molecule has 1 aromatic carbocycles. The Balaban J connectivity index is 2.17. The van der Waals surface area contributed by atoms with Crippen molar-refractivity contribution in [3.05, 3.63) is 29.8 Å². The normalized spacial score (nSPS) is 18.4. The fraction of sp³-hybridized carbons (Fsp3) is 0.467. The molecule has 0 amide bonds. The molecule has 1 unspecified atom stereocenters. The van der Waals surface area contributed by atoms with Crippen LogP contribution in [0.1, 0.15) is 36.5 Å². The number of benzene rings is 1. The van der Waals surface area contributed by atoms with Gasteiger partial charge in [0.25, 0.3) is 0 Å². The van der Waals surface area contributed by atoms with Gasteiger partial charge in [-0.2, -0.15) is 0 Å². The van der Waals surface area contributed by atoms with Crippen LogP contribution in [-0.2, 0) is 9.53 Å². The standard InChI is InChI=1S/C15H19NO3/c1-3-14(17)13-5-4-10-16(13)12-8-6-11(7-9-12)15(18)19-2/h6-9,13H,3-5,10H2,1-2H3. The first-order valence-corrected chi connectivity index (χ1v) is 6.65. The quantitative estimate of drug-likeness (QED) is 0.781. The fourth-order valence-corrected chi connectivity index (χ4v) is 2.55. The van der Waals surface area contributed by atoms with Crippen molar-refractivity contribution in [3.8, 4) is 0 Å². The van der Waals surface area contributed by atoms with E-state index in [1.54, 1.807) is 12.1 Å². The third-order valence-electron chi connectivity index (χ3n) is 3.59. The molecule has 0 saturated carbocycles. The minimum absolute atomic E-state index is 0.00558. The van der Waals surface area contributed by atoms with Crippen LogP contribution in [0.2, 0.25) is 0 Å². The van der Waals surface area contributed by atoms with Crippen LogP contribution in [0.15, 0.2) is 24.3 Å². The molecule has 0 radical (unpaired) electrons. The third kappa shape index (κ3) is 2.78. The van der Waals surface area contributed by atoms with Crippen molar-refractivity contribution in [2.75, 3.05) is 18.6 Å². The third-order valence-corrected chi connectivity index (χ3v) is 3.59. The smallest absolute Gasteiger partial charge is 0.337 e. The zero-order chi connectivity index (χ0) is 13.8. The number of anilines is 1. The van der Waals surface area contributed by atoms with E-state index >= 15 is 0 Å². The Kier molecular flexibility index (Phi) is 4.20. The summed E-state index contributed by atoms with van der Waals surface area (Å²) in [4.78, 5) is 25.4. The lowest BCUT2D eigenvalue weighted by atomic mass is 10.1. The highest BCUT2D eigenvalue weighted by atomic mass is 16.5. The highest BCUT2D eigenvalue weighted by Crippen LogP contribution is 2.27. The summed E-state index contributed by atoms with van der Waals surface area (Å²) in [6.45, 7) is 2.80. The van der Waals surface area contributed by atoms with E-state index in [-0.39, 0.29) is 17.8 Å². The van der Waals surface area contributed by atoms with E-state index in [0.717, 1.165) is 25.1 Å². The van der Waals surface area contributed by atoms with Gasteiger partial charge in [0.2, 0.25) is 0 Å². The average molecular weight is 261 g/mol. The Bertz CT molecular complexity index is 467. The maximum atomic E-state index is 11.9. The lowest BCUT2D eigenvalue weighted by Gasteiger charge is -2.25. The zero-order valence-corrected chi connectivity index (χ0v) is 11.4. The number of ketones is 1. The van der Waals surface area contributed by atoms with E-state index in [9.17, 15) is 9.59 Å². The van der Waals surface area contributed by atoms with Crippen molar-refractivity contribution in [1.82, 2.24) is 0 Å². The van der Waals surface area contributed by atoms with E-state index < -0.39 is 0 Å². The molecule has 0 bridgehead atoms. The summed E-state index contributed by atoms with van der Waals surface area (Å²) < 4.78 is 4.67. The van der Waals surface area contributed by atoms with Gasteiger partial charge >= 0.3 is 5.97 Å². The summed E-state index contributed by atoms with van der Waals surface area (Å²) in [5, 5.41) is 0. The Morgan fingerprint density at radius 2 is 2.00 bits per heavy atom. The molecule has 4 nitrogen and oxygen atoms in total. The van der Waals surface area contributed by atoms with Gasteiger partial charge in [0.05, 0.1) is 18.7 Å². The van der Waals surface area contributed by atoms with E-state index in [1.165, 1.54) is 7.11 Å². The van der Waals surface area contributed by atoms with Gasteiger partial charge in [0, 0.05) is 18.7 Å². The number of nitrogens with zero attached hydrogens (tertiary/aromatic N) is 1. The van der Waals surface area contributed by atoms with E-state index in [0.29, 0.717) is 12.0 Å². The second kappa shape index (κ2) is 5.87. The Hall–Kier alpha value is -1.84. The van der Waals surface area contributed by atoms with Crippen molar-refractivity contribution >= 4 is 17.4 Å². The largest absolute Gasteiger partial charge is 0.465 e. The molecule has 1 atom stereocenters. The predicted octanol–water partition coefficient (Wildman–Crippen LogP) is 2.42. The van der Waals surface area contributed by atoms with Crippen LogP contribution >= 0.6 is 0 Å². The molecule has 1 fully saturated rings. The van der Waals surface area contributed by atoms with Crippen molar-refractivity contribution in [2.45, 2.75) is 32.2 Å². The lowest BCUT2D eigenvalue weighted by molar-refractivity contribution is -0.119. The van der Waals surface area contributed by atoms with Gasteiger partial charge in [-0.25, -0.2) is 4.79 Å². The van der Waals surface area contributed by atoms with Crippen molar-refractivity contribution in [3.63, 3.8) is 0 Å². The number of Topliss-reactive ketones (excluding diaryl/α,β-unsaturated/α-hetero) is 1. The summed E-state index contributed by atoms with van der Waals surface area (Å²) in [6, 6.07) is 7.25. The first-order chi connectivity index (χ1) is 9.17. The van der Waals surface area contributed by atoms with Crippen LogP contribution in [0, 0.1) is 0 Å². The molecule has 19 heavy (non-hydrogen) atoms. The van der Waals surface area contributed by atoms with Gasteiger partial charge in [0.15, 0.2) is 5.78 Å². The molecule has 0 N–H and O–H groups in total. The van der Waals surface area contributed by atoms with Crippen molar-refractivity contribution < 1.29 is 14.3 Å². The van der Waals surface area contributed by atoms with Crippen LogP contribution in [0.4, 0.5) is 5.69 Å². The topological polar surface area (TPSA) is 46.6 Å². The molecule has 102 valence electrons. The second-order valence-electron chi connectivity index (χ2n) is 4.71. The molecule has 1 saturated heterocycles. The SMILES string of the molecule is CCC(=O)C1CCCN1c1ccc(C(=O)OC)cc1. The summed E-state index contributed by atoms with van der Waals surface area (Å²) >= 11 is 0. The number of hydrogen-bond donors (Lipinski definition) is 0. The highest BCUT2D eigenvalue weighted by Gasteiger charge is 2.29. The van der Waals surface area contributed by atoms with E-state index in [1.807, 2.05) is 19.1 Å². The van der Waals surface area contributed by atoms with Gasteiger partial charge in [-0.3, -0.25) is 4.79 Å². The number of ether oxygens (including phenoxy) is 1. The molecule has 0 aromatic heterocycles. The average Bonchev–Trinajstić information content (AvgIpc) is 2.95. The minimum Gasteiger partial charge on any atom is -0.465 e. The van der Waals surface area contributed by atoms with Crippen LogP contribution in [0.3, 0.4) is 0 Å². The molecule has 1 aliphatic rings.